The molecule has 0 aromatic carbocycles. The minimum Gasteiger partial charge on any atom is -0.388 e. The first-order chi connectivity index (χ1) is 10.0. The molecule has 2 fully saturated rings. The van der Waals surface area contributed by atoms with Crippen molar-refractivity contribution < 1.29 is 5.11 Å². The summed E-state index contributed by atoms with van der Waals surface area (Å²) in [5.74, 6) is 1.20. The molecule has 0 saturated heterocycles. The van der Waals surface area contributed by atoms with Crippen molar-refractivity contribution in [3.63, 3.8) is 0 Å². The monoisotopic (exact) mass is 296 g/mol. The lowest BCUT2D eigenvalue weighted by atomic mass is 9.88. The molecule has 124 valence electrons. The van der Waals surface area contributed by atoms with Crippen LogP contribution in [0.3, 0.4) is 0 Å². The van der Waals surface area contributed by atoms with Gasteiger partial charge in [0.05, 0.1) is 5.60 Å². The van der Waals surface area contributed by atoms with Crippen LogP contribution in [-0.4, -0.2) is 41.3 Å². The van der Waals surface area contributed by atoms with Crippen molar-refractivity contribution in [2.24, 2.45) is 17.6 Å². The van der Waals surface area contributed by atoms with Crippen LogP contribution in [0.2, 0.25) is 0 Å². The maximum atomic E-state index is 10.6. The van der Waals surface area contributed by atoms with E-state index in [2.05, 4.69) is 18.7 Å². The van der Waals surface area contributed by atoms with Crippen molar-refractivity contribution in [1.82, 2.24) is 4.90 Å². The highest BCUT2D eigenvalue weighted by molar-refractivity contribution is 4.93. The lowest BCUT2D eigenvalue weighted by Gasteiger charge is -2.34. The van der Waals surface area contributed by atoms with Crippen LogP contribution < -0.4 is 5.73 Å². The molecule has 21 heavy (non-hydrogen) atoms. The number of nitrogens with two attached hydrogens (primary N) is 1. The third kappa shape index (κ3) is 4.67. The zero-order chi connectivity index (χ0) is 15.3. The van der Waals surface area contributed by atoms with Crippen molar-refractivity contribution in [2.45, 2.75) is 83.3 Å². The van der Waals surface area contributed by atoms with Gasteiger partial charge >= 0.3 is 0 Å². The number of rotatable bonds is 8. The Kier molecular flexibility index (Phi) is 6.51. The van der Waals surface area contributed by atoms with E-state index in [-0.39, 0.29) is 0 Å². The Labute approximate surface area is 131 Å². The molecule has 2 rings (SSSR count). The van der Waals surface area contributed by atoms with Gasteiger partial charge in [-0.15, -0.1) is 0 Å². The lowest BCUT2D eigenvalue weighted by Crippen LogP contribution is -2.43. The Hall–Kier alpha value is -0.120. The summed E-state index contributed by atoms with van der Waals surface area (Å²) in [7, 11) is 0. The first-order valence-electron chi connectivity index (χ1n) is 9.21. The quantitative estimate of drug-likeness (QED) is 0.723. The summed E-state index contributed by atoms with van der Waals surface area (Å²) in [4.78, 5) is 2.72. The van der Waals surface area contributed by atoms with Crippen LogP contribution in [0.4, 0.5) is 0 Å². The van der Waals surface area contributed by atoms with Crippen molar-refractivity contribution in [3.8, 4) is 0 Å². The second kappa shape index (κ2) is 7.94. The zero-order valence-corrected chi connectivity index (χ0v) is 14.2. The summed E-state index contributed by atoms with van der Waals surface area (Å²) in [5.41, 5.74) is 5.25. The van der Waals surface area contributed by atoms with Gasteiger partial charge < -0.3 is 15.7 Å². The summed E-state index contributed by atoms with van der Waals surface area (Å²) in [6, 6.07) is 0.802. The van der Waals surface area contributed by atoms with Crippen molar-refractivity contribution in [2.75, 3.05) is 19.6 Å². The molecule has 3 N–H and O–H groups in total. The molecule has 0 aromatic rings. The van der Waals surface area contributed by atoms with Crippen molar-refractivity contribution >= 4 is 0 Å². The molecular formula is C18H36N2O. The van der Waals surface area contributed by atoms with E-state index in [4.69, 9.17) is 5.73 Å². The number of nitrogens with zero attached hydrogens (tertiary/aromatic N) is 1. The Bertz CT molecular complexity index is 302. The van der Waals surface area contributed by atoms with Gasteiger partial charge in [-0.05, 0) is 63.5 Å². The molecule has 0 radical (unpaired) electrons. The highest BCUT2D eigenvalue weighted by Crippen LogP contribution is 2.37. The molecule has 0 aromatic heterocycles. The van der Waals surface area contributed by atoms with E-state index < -0.39 is 5.60 Å². The second-order valence-electron chi connectivity index (χ2n) is 7.84. The fraction of sp³-hybridized carbons (Fsp3) is 1.00. The van der Waals surface area contributed by atoms with Crippen LogP contribution in [0.1, 0.15) is 71.6 Å². The van der Waals surface area contributed by atoms with E-state index in [1.165, 1.54) is 38.6 Å². The maximum Gasteiger partial charge on any atom is 0.0797 e. The maximum absolute atomic E-state index is 10.6. The van der Waals surface area contributed by atoms with E-state index in [0.29, 0.717) is 12.5 Å². The van der Waals surface area contributed by atoms with Gasteiger partial charge in [-0.3, -0.25) is 0 Å². The summed E-state index contributed by atoms with van der Waals surface area (Å²) < 4.78 is 0. The molecule has 2 aliphatic rings. The Morgan fingerprint density at radius 3 is 2.48 bits per heavy atom. The van der Waals surface area contributed by atoms with Gasteiger partial charge in [0.15, 0.2) is 0 Å². The summed E-state index contributed by atoms with van der Waals surface area (Å²) in [6.07, 6.45) is 11.2. The van der Waals surface area contributed by atoms with E-state index >= 15 is 0 Å². The first-order valence-corrected chi connectivity index (χ1v) is 9.21. The number of hydrogen-bond donors (Lipinski definition) is 2. The number of hydrogen-bond acceptors (Lipinski definition) is 3. The van der Waals surface area contributed by atoms with Gasteiger partial charge in [0, 0.05) is 12.6 Å². The molecule has 2 aliphatic carbocycles. The number of aliphatic hydroxyl groups is 1. The minimum absolute atomic E-state index is 0.422. The fourth-order valence-electron chi connectivity index (χ4n) is 4.30. The van der Waals surface area contributed by atoms with E-state index in [1.807, 2.05) is 0 Å². The molecule has 2 saturated carbocycles. The largest absolute Gasteiger partial charge is 0.388 e. The predicted molar refractivity (Wildman–Crippen MR) is 89.2 cm³/mol. The third-order valence-electron chi connectivity index (χ3n) is 5.88. The standard InChI is InChI=1S/C18H36N2O/c1-15(2)9-12-20(17-7-3-4-8-17)13-10-16-6-5-11-18(16,21)14-19/h15-17,21H,3-14,19H2,1-2H3. The van der Waals surface area contributed by atoms with Crippen LogP contribution in [0.5, 0.6) is 0 Å². The molecule has 0 amide bonds. The third-order valence-corrected chi connectivity index (χ3v) is 5.88. The lowest BCUT2D eigenvalue weighted by molar-refractivity contribution is 0.00275. The summed E-state index contributed by atoms with van der Waals surface area (Å²) >= 11 is 0. The Morgan fingerprint density at radius 2 is 1.86 bits per heavy atom. The smallest absolute Gasteiger partial charge is 0.0797 e. The Balaban J connectivity index is 1.85. The van der Waals surface area contributed by atoms with Crippen LogP contribution in [0, 0.1) is 11.8 Å². The summed E-state index contributed by atoms with van der Waals surface area (Å²) in [5, 5.41) is 10.6. The van der Waals surface area contributed by atoms with Crippen LogP contribution in [0.25, 0.3) is 0 Å². The highest BCUT2D eigenvalue weighted by Gasteiger charge is 2.39. The Morgan fingerprint density at radius 1 is 1.14 bits per heavy atom. The highest BCUT2D eigenvalue weighted by atomic mass is 16.3. The first kappa shape index (κ1) is 17.2. The molecule has 0 aliphatic heterocycles. The van der Waals surface area contributed by atoms with Gasteiger partial charge in [-0.25, -0.2) is 0 Å². The van der Waals surface area contributed by atoms with Gasteiger partial charge in [-0.1, -0.05) is 33.1 Å². The predicted octanol–water partition coefficient (Wildman–Crippen LogP) is 3.16. The average molecular weight is 296 g/mol. The van der Waals surface area contributed by atoms with Gasteiger partial charge in [0.1, 0.15) is 0 Å². The van der Waals surface area contributed by atoms with E-state index in [9.17, 15) is 5.11 Å². The van der Waals surface area contributed by atoms with Crippen molar-refractivity contribution in [3.05, 3.63) is 0 Å². The molecule has 2 atom stereocenters. The minimum atomic E-state index is -0.570. The van der Waals surface area contributed by atoms with E-state index in [0.717, 1.165) is 44.2 Å². The molecule has 3 heteroatoms. The van der Waals surface area contributed by atoms with Gasteiger partial charge in [0.25, 0.3) is 0 Å². The molecule has 2 unspecified atom stereocenters. The zero-order valence-electron chi connectivity index (χ0n) is 14.2. The topological polar surface area (TPSA) is 49.5 Å². The van der Waals surface area contributed by atoms with Crippen LogP contribution in [0.15, 0.2) is 0 Å². The van der Waals surface area contributed by atoms with Crippen LogP contribution >= 0.6 is 0 Å². The van der Waals surface area contributed by atoms with Crippen LogP contribution in [-0.2, 0) is 0 Å². The normalized spacial score (nSPS) is 30.9. The molecule has 0 spiro atoms. The molecule has 0 bridgehead atoms. The average Bonchev–Trinajstić information content (AvgIpc) is 3.09. The SMILES string of the molecule is CC(C)CCN(CCC1CCCC1(O)CN)C1CCCC1. The second-order valence-corrected chi connectivity index (χ2v) is 7.84. The summed E-state index contributed by atoms with van der Waals surface area (Å²) in [6.45, 7) is 7.46. The fourth-order valence-corrected chi connectivity index (χ4v) is 4.30. The molecular weight excluding hydrogens is 260 g/mol. The molecule has 0 heterocycles. The van der Waals surface area contributed by atoms with Gasteiger partial charge in [0.2, 0.25) is 0 Å². The van der Waals surface area contributed by atoms with Gasteiger partial charge in [-0.2, -0.15) is 0 Å². The van der Waals surface area contributed by atoms with E-state index in [1.54, 1.807) is 0 Å². The van der Waals surface area contributed by atoms with Crippen molar-refractivity contribution in [1.29, 1.82) is 0 Å². The molecule has 3 nitrogen and oxygen atoms in total.